The van der Waals surface area contributed by atoms with E-state index in [9.17, 15) is 0 Å². The molecule has 1 unspecified atom stereocenters. The predicted molar refractivity (Wildman–Crippen MR) is 96.7 cm³/mol. The van der Waals surface area contributed by atoms with Gasteiger partial charge in [-0.15, -0.1) is 11.3 Å². The van der Waals surface area contributed by atoms with Crippen molar-refractivity contribution in [3.05, 3.63) is 52.1 Å². The fourth-order valence-electron chi connectivity index (χ4n) is 1.88. The van der Waals surface area contributed by atoms with E-state index in [0.29, 0.717) is 4.34 Å². The number of halogens is 4. The second-order valence-corrected chi connectivity index (χ2v) is 8.30. The van der Waals surface area contributed by atoms with Crippen molar-refractivity contribution < 1.29 is 0 Å². The van der Waals surface area contributed by atoms with E-state index in [2.05, 4.69) is 62.9 Å². The molecule has 0 amide bonds. The van der Waals surface area contributed by atoms with Crippen molar-refractivity contribution in [2.24, 2.45) is 0 Å². The second kappa shape index (κ2) is 7.09. The Morgan fingerprint density at radius 3 is 2.63 bits per heavy atom. The van der Waals surface area contributed by atoms with E-state index < -0.39 is 0 Å². The highest BCUT2D eigenvalue weighted by Gasteiger charge is 2.21. The summed E-state index contributed by atoms with van der Waals surface area (Å²) in [4.78, 5) is 0. The first-order valence-corrected chi connectivity index (χ1v) is 9.10. The Hall–Kier alpha value is 0.670. The van der Waals surface area contributed by atoms with Gasteiger partial charge in [0.2, 0.25) is 0 Å². The molecule has 2 aromatic rings. The van der Waals surface area contributed by atoms with Gasteiger partial charge in [-0.2, -0.15) is 0 Å². The quantitative estimate of drug-likeness (QED) is 0.509. The van der Waals surface area contributed by atoms with Crippen LogP contribution in [0.15, 0.2) is 28.7 Å². The van der Waals surface area contributed by atoms with Crippen molar-refractivity contribution in [3.8, 4) is 0 Å². The van der Waals surface area contributed by atoms with Crippen LogP contribution in [0, 0.1) is 3.57 Å². The van der Waals surface area contributed by atoms with E-state index in [4.69, 9.17) is 23.2 Å². The number of nitrogens with one attached hydrogen (secondary N) is 1. The Labute approximate surface area is 149 Å². The summed E-state index contributed by atoms with van der Waals surface area (Å²) in [6, 6.07) is 8.25. The molecule has 102 valence electrons. The van der Waals surface area contributed by atoms with Crippen LogP contribution in [-0.4, -0.2) is 6.54 Å². The van der Waals surface area contributed by atoms with Crippen molar-refractivity contribution in [3.63, 3.8) is 0 Å². The molecule has 19 heavy (non-hydrogen) atoms. The lowest BCUT2D eigenvalue weighted by Crippen LogP contribution is -2.22. The number of hydrogen-bond donors (Lipinski definition) is 1. The van der Waals surface area contributed by atoms with Gasteiger partial charge in [0, 0.05) is 13.6 Å². The fourth-order valence-corrected chi connectivity index (χ4v) is 4.44. The molecule has 0 bridgehead atoms. The van der Waals surface area contributed by atoms with Crippen LogP contribution < -0.4 is 5.32 Å². The van der Waals surface area contributed by atoms with Crippen molar-refractivity contribution in [1.82, 2.24) is 5.32 Å². The highest BCUT2D eigenvalue weighted by Crippen LogP contribution is 2.39. The van der Waals surface area contributed by atoms with E-state index in [0.717, 1.165) is 20.9 Å². The van der Waals surface area contributed by atoms with E-state index in [1.165, 1.54) is 20.5 Å². The van der Waals surface area contributed by atoms with Crippen LogP contribution in [0.3, 0.4) is 0 Å². The molecule has 0 fully saturated rings. The van der Waals surface area contributed by atoms with E-state index in [1.54, 1.807) is 0 Å². The van der Waals surface area contributed by atoms with E-state index >= 15 is 0 Å². The van der Waals surface area contributed by atoms with Crippen LogP contribution in [0.2, 0.25) is 8.67 Å². The second-order valence-electron chi connectivity index (χ2n) is 3.94. The molecule has 0 aliphatic carbocycles. The monoisotopic (exact) mass is 489 g/mol. The van der Waals surface area contributed by atoms with Crippen LogP contribution in [0.5, 0.6) is 0 Å². The number of rotatable bonds is 4. The maximum absolute atomic E-state index is 6.30. The Kier molecular flexibility index (Phi) is 5.99. The summed E-state index contributed by atoms with van der Waals surface area (Å²) in [7, 11) is 0. The Morgan fingerprint density at radius 2 is 2.05 bits per heavy atom. The zero-order chi connectivity index (χ0) is 14.0. The molecule has 1 nitrogen and oxygen atoms in total. The molecule has 6 heteroatoms. The first kappa shape index (κ1) is 16.0. The van der Waals surface area contributed by atoms with Gasteiger partial charge < -0.3 is 5.32 Å². The molecule has 1 N–H and O–H groups in total. The van der Waals surface area contributed by atoms with Crippen LogP contribution in [0.1, 0.15) is 24.1 Å². The summed E-state index contributed by atoms with van der Waals surface area (Å²) < 4.78 is 3.72. The smallest absolute Gasteiger partial charge is 0.0995 e. The Morgan fingerprint density at radius 1 is 1.32 bits per heavy atom. The lowest BCUT2D eigenvalue weighted by molar-refractivity contribution is 0.630. The predicted octanol–water partition coefficient (Wildman–Crippen LogP) is 6.12. The molecule has 1 atom stereocenters. The molecular weight excluding hydrogens is 480 g/mol. The Bertz CT molecular complexity index is 588. The van der Waals surface area contributed by atoms with Gasteiger partial charge in [-0.25, -0.2) is 0 Å². The fraction of sp³-hybridized carbons (Fsp3) is 0.231. The van der Waals surface area contributed by atoms with Gasteiger partial charge in [0.05, 0.1) is 14.7 Å². The normalized spacial score (nSPS) is 12.7. The average Bonchev–Trinajstić information content (AvgIpc) is 2.69. The van der Waals surface area contributed by atoms with Crippen LogP contribution >= 0.6 is 73.1 Å². The van der Waals surface area contributed by atoms with Gasteiger partial charge in [0.15, 0.2) is 0 Å². The van der Waals surface area contributed by atoms with E-state index in [1.807, 2.05) is 12.1 Å². The van der Waals surface area contributed by atoms with Crippen molar-refractivity contribution in [2.75, 3.05) is 6.54 Å². The first-order valence-electron chi connectivity index (χ1n) is 5.66. The molecule has 2 rings (SSSR count). The van der Waals surface area contributed by atoms with Gasteiger partial charge in [-0.1, -0.05) is 46.1 Å². The van der Waals surface area contributed by atoms with Crippen LogP contribution in [0.25, 0.3) is 0 Å². The molecular formula is C13H11BrCl2INS. The number of benzene rings is 1. The standard InChI is InChI=1S/C13H11BrCl2INS/c1-2-18-12(9-6-11(15)19-13(9)16)8-5-7(14)3-4-10(8)17/h3-6,12,18H,2H2,1H3. The van der Waals surface area contributed by atoms with Gasteiger partial charge in [-0.3, -0.25) is 0 Å². The van der Waals surface area contributed by atoms with Gasteiger partial charge in [0.25, 0.3) is 0 Å². The number of hydrogen-bond acceptors (Lipinski definition) is 2. The summed E-state index contributed by atoms with van der Waals surface area (Å²) in [5.41, 5.74) is 2.24. The Balaban J connectivity index is 2.51. The third kappa shape index (κ3) is 3.86. The highest BCUT2D eigenvalue weighted by molar-refractivity contribution is 14.1. The van der Waals surface area contributed by atoms with Crippen LogP contribution in [0.4, 0.5) is 0 Å². The van der Waals surface area contributed by atoms with Crippen molar-refractivity contribution >= 4 is 73.1 Å². The summed E-state index contributed by atoms with van der Waals surface area (Å²) in [5.74, 6) is 0. The molecule has 0 radical (unpaired) electrons. The van der Waals surface area contributed by atoms with Crippen LogP contribution in [-0.2, 0) is 0 Å². The zero-order valence-electron chi connectivity index (χ0n) is 10.0. The third-order valence-electron chi connectivity index (χ3n) is 2.67. The maximum Gasteiger partial charge on any atom is 0.0995 e. The molecule has 1 aromatic carbocycles. The summed E-state index contributed by atoms with van der Waals surface area (Å²) in [6.07, 6.45) is 0. The molecule has 0 aliphatic rings. The highest BCUT2D eigenvalue weighted by atomic mass is 127. The average molecular weight is 491 g/mol. The van der Waals surface area contributed by atoms with Gasteiger partial charge in [0.1, 0.15) is 0 Å². The molecule has 0 saturated carbocycles. The zero-order valence-corrected chi connectivity index (χ0v) is 16.1. The minimum atomic E-state index is 0.0608. The summed E-state index contributed by atoms with van der Waals surface area (Å²) in [6.45, 7) is 2.94. The van der Waals surface area contributed by atoms with Crippen molar-refractivity contribution in [2.45, 2.75) is 13.0 Å². The lowest BCUT2D eigenvalue weighted by atomic mass is 10.0. The third-order valence-corrected chi connectivity index (χ3v) is 5.67. The molecule has 0 saturated heterocycles. The molecule has 0 aliphatic heterocycles. The van der Waals surface area contributed by atoms with Gasteiger partial charge >= 0.3 is 0 Å². The number of thiophene rings is 1. The first-order chi connectivity index (χ1) is 9.02. The van der Waals surface area contributed by atoms with Crippen molar-refractivity contribution in [1.29, 1.82) is 0 Å². The lowest BCUT2D eigenvalue weighted by Gasteiger charge is -2.20. The molecule has 1 heterocycles. The molecule has 0 spiro atoms. The maximum atomic E-state index is 6.30. The minimum Gasteiger partial charge on any atom is -0.306 e. The topological polar surface area (TPSA) is 12.0 Å². The SMILES string of the molecule is CCNC(c1cc(Br)ccc1I)c1cc(Cl)sc1Cl. The summed E-state index contributed by atoms with van der Waals surface area (Å²) >= 11 is 19.6. The van der Waals surface area contributed by atoms with E-state index in [-0.39, 0.29) is 6.04 Å². The minimum absolute atomic E-state index is 0.0608. The van der Waals surface area contributed by atoms with Gasteiger partial charge in [-0.05, 0) is 59.0 Å². The largest absolute Gasteiger partial charge is 0.306 e. The molecule has 1 aromatic heterocycles. The summed E-state index contributed by atoms with van der Waals surface area (Å²) in [5, 5.41) is 3.48.